The first kappa shape index (κ1) is 15.9. The number of rotatable bonds is 0. The van der Waals surface area contributed by atoms with Gasteiger partial charge in [0.25, 0.3) is 0 Å². The van der Waals surface area contributed by atoms with Gasteiger partial charge in [0.05, 0.1) is 9.06 Å². The largest absolute Gasteiger partial charge is 0.288 e. The molecular formula is C24H12O2S2. The maximum atomic E-state index is 13.4. The minimum Gasteiger partial charge on any atom is -0.288 e. The van der Waals surface area contributed by atoms with Crippen LogP contribution in [0.4, 0.5) is 0 Å². The van der Waals surface area contributed by atoms with Gasteiger partial charge in [0.2, 0.25) is 10.9 Å². The van der Waals surface area contributed by atoms with E-state index in [2.05, 4.69) is 0 Å². The molecule has 2 nitrogen and oxygen atoms in total. The van der Waals surface area contributed by atoms with E-state index in [0.717, 1.165) is 30.9 Å². The summed E-state index contributed by atoms with van der Waals surface area (Å²) in [7, 11) is 0. The molecule has 2 aromatic heterocycles. The molecule has 0 N–H and O–H groups in total. The first-order chi connectivity index (χ1) is 13.7. The highest BCUT2D eigenvalue weighted by molar-refractivity contribution is 7.20. The fraction of sp³-hybridized carbons (Fsp3) is 0. The molecule has 4 aromatic carbocycles. The summed E-state index contributed by atoms with van der Waals surface area (Å²) in [6, 6.07) is 23.7. The van der Waals surface area contributed by atoms with Crippen LogP contribution in [0.15, 0.2) is 82.4 Å². The van der Waals surface area contributed by atoms with Gasteiger partial charge in [-0.15, -0.1) is 22.7 Å². The van der Waals surface area contributed by atoms with E-state index in [4.69, 9.17) is 0 Å². The molecule has 0 saturated carbocycles. The zero-order valence-electron chi connectivity index (χ0n) is 14.6. The second-order valence-corrected chi connectivity index (χ2v) is 8.94. The van der Waals surface area contributed by atoms with Crippen molar-refractivity contribution in [1.82, 2.24) is 0 Å². The molecular weight excluding hydrogens is 384 g/mol. The highest BCUT2D eigenvalue weighted by Gasteiger charge is 2.11. The van der Waals surface area contributed by atoms with Gasteiger partial charge in [-0.3, -0.25) is 9.59 Å². The topological polar surface area (TPSA) is 34.1 Å². The Morgan fingerprint density at radius 3 is 1.32 bits per heavy atom. The van der Waals surface area contributed by atoms with Crippen LogP contribution in [-0.2, 0) is 0 Å². The normalized spacial score (nSPS) is 13.1. The summed E-state index contributed by atoms with van der Waals surface area (Å²) < 4.78 is 3.13. The van der Waals surface area contributed by atoms with E-state index in [9.17, 15) is 9.59 Å². The molecule has 28 heavy (non-hydrogen) atoms. The molecule has 0 aliphatic rings. The van der Waals surface area contributed by atoms with Crippen LogP contribution >= 0.6 is 22.7 Å². The van der Waals surface area contributed by atoms with Crippen LogP contribution in [-0.4, -0.2) is 0 Å². The van der Waals surface area contributed by atoms with Crippen LogP contribution in [0.2, 0.25) is 0 Å². The highest BCUT2D eigenvalue weighted by atomic mass is 32.1. The molecule has 0 aliphatic heterocycles. The Hall–Kier alpha value is -3.08. The summed E-state index contributed by atoms with van der Waals surface area (Å²) in [6.07, 6.45) is 0. The van der Waals surface area contributed by atoms with E-state index in [1.807, 2.05) is 72.8 Å². The average molecular weight is 396 g/mol. The summed E-state index contributed by atoms with van der Waals surface area (Å²) >= 11 is 2.84. The summed E-state index contributed by atoms with van der Waals surface area (Å²) in [6.45, 7) is 0. The predicted octanol–water partition coefficient (Wildman–Crippen LogP) is 5.87. The standard InChI is InChI=1S/C24H12O2S2/c25-21-15-9-1-5-13-7-3-11-17(19(13)15)27-23(21)24-22(26)16-10-2-6-14-8-4-12-18(28-24)20(14)16/h1-12H/b24-23+. The van der Waals surface area contributed by atoms with Gasteiger partial charge in [-0.25, -0.2) is 0 Å². The van der Waals surface area contributed by atoms with Gasteiger partial charge in [0.15, 0.2) is 0 Å². The Morgan fingerprint density at radius 1 is 0.500 bits per heavy atom. The van der Waals surface area contributed by atoms with Crippen molar-refractivity contribution in [2.45, 2.75) is 0 Å². The SMILES string of the molecule is O=c1/c(=c2\sc3cccc4cccc(c2=O)c43)sc2cccc3cccc1c32. The van der Waals surface area contributed by atoms with Gasteiger partial charge in [-0.1, -0.05) is 60.7 Å². The molecule has 0 unspecified atom stereocenters. The molecule has 0 amide bonds. The molecule has 0 saturated heterocycles. The molecule has 2 heterocycles. The quantitative estimate of drug-likeness (QED) is 0.322. The molecule has 0 fully saturated rings. The first-order valence-electron chi connectivity index (χ1n) is 8.95. The molecule has 4 heteroatoms. The fourth-order valence-electron chi connectivity index (χ4n) is 4.02. The lowest BCUT2D eigenvalue weighted by Gasteiger charge is -2.05. The van der Waals surface area contributed by atoms with E-state index < -0.39 is 0 Å². The van der Waals surface area contributed by atoms with E-state index in [-0.39, 0.29) is 10.9 Å². The molecule has 0 bridgehead atoms. The lowest BCUT2D eigenvalue weighted by Crippen LogP contribution is -2.08. The smallest absolute Gasteiger partial charge is 0.205 e. The van der Waals surface area contributed by atoms with Crippen molar-refractivity contribution in [1.29, 1.82) is 0 Å². The van der Waals surface area contributed by atoms with Gasteiger partial charge < -0.3 is 0 Å². The minimum absolute atomic E-state index is 0.0586. The van der Waals surface area contributed by atoms with Crippen LogP contribution in [0.25, 0.3) is 41.7 Å². The van der Waals surface area contributed by atoms with Crippen LogP contribution in [0, 0.1) is 9.06 Å². The van der Waals surface area contributed by atoms with Crippen LogP contribution in [0.1, 0.15) is 0 Å². The molecule has 6 aromatic rings. The van der Waals surface area contributed by atoms with E-state index in [1.165, 1.54) is 22.7 Å². The number of hydrogen-bond acceptors (Lipinski definition) is 4. The highest BCUT2D eigenvalue weighted by Crippen LogP contribution is 2.30. The molecule has 0 spiro atoms. The molecule has 0 atom stereocenters. The monoisotopic (exact) mass is 396 g/mol. The summed E-state index contributed by atoms with van der Waals surface area (Å²) in [4.78, 5) is 26.7. The minimum atomic E-state index is -0.0586. The van der Waals surface area contributed by atoms with Crippen molar-refractivity contribution in [2.75, 3.05) is 0 Å². The third-order valence-electron chi connectivity index (χ3n) is 5.26. The Kier molecular flexibility index (Phi) is 3.25. The van der Waals surface area contributed by atoms with Gasteiger partial charge in [0, 0.05) is 30.9 Å². The lowest BCUT2D eigenvalue weighted by molar-refractivity contribution is 1.59. The van der Waals surface area contributed by atoms with E-state index in [1.54, 1.807) is 0 Å². The summed E-state index contributed by atoms with van der Waals surface area (Å²) in [5, 5.41) is 5.44. The maximum Gasteiger partial charge on any atom is 0.205 e. The van der Waals surface area contributed by atoms with Crippen molar-refractivity contribution >= 4 is 64.4 Å². The third-order valence-corrected chi connectivity index (χ3v) is 7.70. The van der Waals surface area contributed by atoms with E-state index >= 15 is 0 Å². The maximum absolute atomic E-state index is 13.4. The predicted molar refractivity (Wildman–Crippen MR) is 120 cm³/mol. The second-order valence-electron chi connectivity index (χ2n) is 6.84. The Balaban J connectivity index is 1.98. The Bertz CT molecular complexity index is 1620. The van der Waals surface area contributed by atoms with Crippen molar-refractivity contribution in [3.8, 4) is 0 Å². The zero-order valence-corrected chi connectivity index (χ0v) is 16.2. The van der Waals surface area contributed by atoms with Crippen LogP contribution < -0.4 is 10.9 Å². The lowest BCUT2D eigenvalue weighted by atomic mass is 10.1. The Labute approximate surface area is 166 Å². The van der Waals surface area contributed by atoms with Crippen LogP contribution in [0.3, 0.4) is 0 Å². The zero-order chi connectivity index (χ0) is 18.8. The Morgan fingerprint density at radius 2 is 0.893 bits per heavy atom. The van der Waals surface area contributed by atoms with Gasteiger partial charge >= 0.3 is 0 Å². The van der Waals surface area contributed by atoms with Crippen molar-refractivity contribution in [3.05, 3.63) is 102 Å². The average Bonchev–Trinajstić information content (AvgIpc) is 2.73. The van der Waals surface area contributed by atoms with Gasteiger partial charge in [-0.05, 0) is 22.9 Å². The van der Waals surface area contributed by atoms with Crippen molar-refractivity contribution < 1.29 is 0 Å². The van der Waals surface area contributed by atoms with Crippen molar-refractivity contribution in [2.24, 2.45) is 0 Å². The van der Waals surface area contributed by atoms with Gasteiger partial charge in [-0.2, -0.15) is 0 Å². The molecule has 0 aliphatic carbocycles. The summed E-state index contributed by atoms with van der Waals surface area (Å²) in [5.41, 5.74) is -0.117. The fourth-order valence-corrected chi connectivity index (χ4v) is 6.44. The van der Waals surface area contributed by atoms with Crippen LogP contribution in [0.5, 0.6) is 0 Å². The molecule has 6 rings (SSSR count). The second kappa shape index (κ2) is 5.71. The summed E-state index contributed by atoms with van der Waals surface area (Å²) in [5.74, 6) is 0. The number of benzene rings is 4. The first-order valence-corrected chi connectivity index (χ1v) is 10.6. The molecule has 132 valence electrons. The van der Waals surface area contributed by atoms with Gasteiger partial charge in [0.1, 0.15) is 0 Å². The molecule has 0 radical (unpaired) electrons. The number of hydrogen-bond donors (Lipinski definition) is 0. The van der Waals surface area contributed by atoms with Crippen molar-refractivity contribution in [3.63, 3.8) is 0 Å². The third kappa shape index (κ3) is 2.07. The van der Waals surface area contributed by atoms with E-state index in [0.29, 0.717) is 19.8 Å².